The van der Waals surface area contributed by atoms with E-state index >= 15 is 0 Å². The van der Waals surface area contributed by atoms with Gasteiger partial charge in [-0.1, -0.05) is 26.8 Å². The average Bonchev–Trinajstić information content (AvgIpc) is 2.59. The van der Waals surface area contributed by atoms with E-state index in [2.05, 4.69) is 36.9 Å². The van der Waals surface area contributed by atoms with Gasteiger partial charge in [-0.2, -0.15) is 11.8 Å². The number of rotatable bonds is 7. The Morgan fingerprint density at radius 2 is 2.24 bits per heavy atom. The Bertz CT molecular complexity index is 369. The first-order valence-corrected chi connectivity index (χ1v) is 7.30. The molecular formula is C13H23N3S. The molecule has 96 valence electrons. The van der Waals surface area contributed by atoms with Gasteiger partial charge in [0.1, 0.15) is 11.6 Å². The minimum atomic E-state index is 0.393. The van der Waals surface area contributed by atoms with Gasteiger partial charge >= 0.3 is 0 Å². The Balaban J connectivity index is 2.91. The van der Waals surface area contributed by atoms with Gasteiger partial charge in [0.15, 0.2) is 0 Å². The van der Waals surface area contributed by atoms with E-state index in [4.69, 9.17) is 5.73 Å². The number of imidazole rings is 1. The average molecular weight is 253 g/mol. The summed E-state index contributed by atoms with van der Waals surface area (Å²) >= 11 is 1.92. The SMILES string of the molecule is C=CCn1c(C(C)C)nc(CCSCC)c1N. The molecule has 1 rings (SSSR count). The van der Waals surface area contributed by atoms with Crippen molar-refractivity contribution in [2.75, 3.05) is 17.2 Å². The lowest BCUT2D eigenvalue weighted by Crippen LogP contribution is -2.07. The maximum atomic E-state index is 6.15. The summed E-state index contributed by atoms with van der Waals surface area (Å²) in [5, 5.41) is 0. The van der Waals surface area contributed by atoms with Crippen molar-refractivity contribution in [2.24, 2.45) is 0 Å². The molecular weight excluding hydrogens is 230 g/mol. The summed E-state index contributed by atoms with van der Waals surface area (Å²) < 4.78 is 2.07. The number of hydrogen-bond acceptors (Lipinski definition) is 3. The van der Waals surface area contributed by atoms with E-state index in [0.717, 1.165) is 41.8 Å². The molecule has 0 radical (unpaired) electrons. The van der Waals surface area contributed by atoms with Gasteiger partial charge in [0, 0.05) is 18.9 Å². The van der Waals surface area contributed by atoms with E-state index in [1.807, 2.05) is 17.8 Å². The van der Waals surface area contributed by atoms with Crippen LogP contribution < -0.4 is 5.73 Å². The summed E-state index contributed by atoms with van der Waals surface area (Å²) in [6, 6.07) is 0. The first-order valence-electron chi connectivity index (χ1n) is 6.15. The second-order valence-corrected chi connectivity index (χ2v) is 5.70. The predicted octanol–water partition coefficient (Wildman–Crippen LogP) is 3.07. The molecule has 0 spiro atoms. The summed E-state index contributed by atoms with van der Waals surface area (Å²) in [6.45, 7) is 11.0. The lowest BCUT2D eigenvalue weighted by atomic mass is 10.2. The monoisotopic (exact) mass is 253 g/mol. The van der Waals surface area contributed by atoms with Crippen LogP contribution in [0, 0.1) is 0 Å². The Morgan fingerprint density at radius 1 is 1.53 bits per heavy atom. The number of aryl methyl sites for hydroxylation is 1. The van der Waals surface area contributed by atoms with Crippen LogP contribution in [-0.4, -0.2) is 21.1 Å². The van der Waals surface area contributed by atoms with E-state index in [1.54, 1.807) is 0 Å². The van der Waals surface area contributed by atoms with E-state index in [-0.39, 0.29) is 0 Å². The molecule has 0 amide bonds. The van der Waals surface area contributed by atoms with Gasteiger partial charge < -0.3 is 10.3 Å². The Hall–Kier alpha value is -0.900. The van der Waals surface area contributed by atoms with Gasteiger partial charge in [0.2, 0.25) is 0 Å². The Labute approximate surface area is 108 Å². The van der Waals surface area contributed by atoms with Gasteiger partial charge in [-0.25, -0.2) is 4.98 Å². The number of nitrogen functional groups attached to an aromatic ring is 1. The van der Waals surface area contributed by atoms with Crippen molar-refractivity contribution in [2.45, 2.75) is 39.7 Å². The number of thioether (sulfide) groups is 1. The quantitative estimate of drug-likeness (QED) is 0.600. The highest BCUT2D eigenvalue weighted by molar-refractivity contribution is 7.99. The third-order valence-electron chi connectivity index (χ3n) is 2.63. The number of allylic oxidation sites excluding steroid dienone is 1. The van der Waals surface area contributed by atoms with Gasteiger partial charge in [-0.3, -0.25) is 0 Å². The smallest absolute Gasteiger partial charge is 0.127 e. The normalized spacial score (nSPS) is 11.1. The first kappa shape index (κ1) is 14.2. The first-order chi connectivity index (χ1) is 8.11. The van der Waals surface area contributed by atoms with Crippen LogP contribution in [0.1, 0.15) is 38.2 Å². The molecule has 0 saturated carbocycles. The molecule has 1 aromatic heterocycles. The second-order valence-electron chi connectivity index (χ2n) is 4.30. The van der Waals surface area contributed by atoms with E-state index in [9.17, 15) is 0 Å². The van der Waals surface area contributed by atoms with Crippen LogP contribution in [0.5, 0.6) is 0 Å². The highest BCUT2D eigenvalue weighted by atomic mass is 32.2. The molecule has 17 heavy (non-hydrogen) atoms. The van der Waals surface area contributed by atoms with Crippen LogP contribution in [0.4, 0.5) is 5.82 Å². The molecule has 2 N–H and O–H groups in total. The van der Waals surface area contributed by atoms with Crippen molar-refractivity contribution in [3.63, 3.8) is 0 Å². The topological polar surface area (TPSA) is 43.8 Å². The molecule has 0 atom stereocenters. The molecule has 0 unspecified atom stereocenters. The van der Waals surface area contributed by atoms with Gasteiger partial charge in [0.05, 0.1) is 5.69 Å². The Morgan fingerprint density at radius 3 is 2.76 bits per heavy atom. The fourth-order valence-electron chi connectivity index (χ4n) is 1.79. The van der Waals surface area contributed by atoms with Gasteiger partial charge in [-0.15, -0.1) is 6.58 Å². The van der Waals surface area contributed by atoms with Crippen molar-refractivity contribution in [1.82, 2.24) is 9.55 Å². The lowest BCUT2D eigenvalue weighted by molar-refractivity contribution is 0.684. The summed E-state index contributed by atoms with van der Waals surface area (Å²) in [7, 11) is 0. The molecule has 1 heterocycles. The molecule has 1 aromatic rings. The summed E-state index contributed by atoms with van der Waals surface area (Å²) in [5.41, 5.74) is 7.19. The zero-order valence-electron chi connectivity index (χ0n) is 11.1. The van der Waals surface area contributed by atoms with Crippen molar-refractivity contribution in [1.29, 1.82) is 0 Å². The van der Waals surface area contributed by atoms with Crippen molar-refractivity contribution < 1.29 is 0 Å². The maximum absolute atomic E-state index is 6.15. The van der Waals surface area contributed by atoms with E-state index in [1.165, 1.54) is 0 Å². The second kappa shape index (κ2) is 6.74. The molecule has 0 bridgehead atoms. The van der Waals surface area contributed by atoms with Crippen LogP contribution in [0.2, 0.25) is 0 Å². The van der Waals surface area contributed by atoms with Gasteiger partial charge in [0.25, 0.3) is 0 Å². The van der Waals surface area contributed by atoms with Crippen molar-refractivity contribution in [3.05, 3.63) is 24.2 Å². The van der Waals surface area contributed by atoms with Crippen molar-refractivity contribution in [3.8, 4) is 0 Å². The fourth-order valence-corrected chi connectivity index (χ4v) is 2.42. The molecule has 0 aliphatic heterocycles. The zero-order valence-corrected chi connectivity index (χ0v) is 11.9. The van der Waals surface area contributed by atoms with Crippen LogP contribution in [0.3, 0.4) is 0 Å². The highest BCUT2D eigenvalue weighted by Crippen LogP contribution is 2.22. The minimum Gasteiger partial charge on any atom is -0.384 e. The molecule has 0 saturated heterocycles. The van der Waals surface area contributed by atoms with Gasteiger partial charge in [-0.05, 0) is 11.5 Å². The van der Waals surface area contributed by atoms with Crippen LogP contribution in [-0.2, 0) is 13.0 Å². The maximum Gasteiger partial charge on any atom is 0.127 e. The number of anilines is 1. The molecule has 0 fully saturated rings. The third-order valence-corrected chi connectivity index (χ3v) is 3.53. The zero-order chi connectivity index (χ0) is 12.8. The number of nitrogens with zero attached hydrogens (tertiary/aromatic N) is 2. The van der Waals surface area contributed by atoms with Crippen molar-refractivity contribution >= 4 is 17.6 Å². The van der Waals surface area contributed by atoms with Crippen LogP contribution in [0.25, 0.3) is 0 Å². The molecule has 3 nitrogen and oxygen atoms in total. The minimum absolute atomic E-state index is 0.393. The van der Waals surface area contributed by atoms with Crippen LogP contribution >= 0.6 is 11.8 Å². The number of aromatic nitrogens is 2. The molecule has 0 aliphatic rings. The molecule has 0 aliphatic carbocycles. The highest BCUT2D eigenvalue weighted by Gasteiger charge is 2.15. The summed E-state index contributed by atoms with van der Waals surface area (Å²) in [6.07, 6.45) is 2.82. The summed E-state index contributed by atoms with van der Waals surface area (Å²) in [5.74, 6) is 4.50. The molecule has 4 heteroatoms. The Kier molecular flexibility index (Phi) is 5.62. The van der Waals surface area contributed by atoms with E-state index < -0.39 is 0 Å². The number of nitrogens with two attached hydrogens (primary N) is 1. The van der Waals surface area contributed by atoms with E-state index in [0.29, 0.717) is 5.92 Å². The summed E-state index contributed by atoms with van der Waals surface area (Å²) in [4.78, 5) is 4.68. The third kappa shape index (κ3) is 3.53. The molecule has 0 aromatic carbocycles. The standard InChI is InChI=1S/C13H23N3S/c1-5-8-16-12(14)11(7-9-17-6-2)15-13(16)10(3)4/h5,10H,1,6-9,14H2,2-4H3. The lowest BCUT2D eigenvalue weighted by Gasteiger charge is -2.09. The predicted molar refractivity (Wildman–Crippen MR) is 77.6 cm³/mol. The number of hydrogen-bond donors (Lipinski definition) is 1. The van der Waals surface area contributed by atoms with Crippen LogP contribution in [0.15, 0.2) is 12.7 Å². The fraction of sp³-hybridized carbons (Fsp3) is 0.615. The largest absolute Gasteiger partial charge is 0.384 e.